The van der Waals surface area contributed by atoms with Crippen molar-refractivity contribution in [3.05, 3.63) is 0 Å². The lowest BCUT2D eigenvalue weighted by Crippen LogP contribution is -2.39. The fourth-order valence-corrected chi connectivity index (χ4v) is 0.792. The monoisotopic (exact) mass is 203 g/mol. The molecule has 3 N–H and O–H groups in total. The average Bonchev–Trinajstić information content (AvgIpc) is 2.02. The molecule has 1 atom stereocenters. The van der Waals surface area contributed by atoms with Crippen molar-refractivity contribution in [3.63, 3.8) is 0 Å². The quantitative estimate of drug-likeness (QED) is 0.596. The summed E-state index contributed by atoms with van der Waals surface area (Å²) < 4.78 is 0. The molecule has 0 rings (SSSR count). The van der Waals surface area contributed by atoms with Crippen molar-refractivity contribution in [3.8, 4) is 0 Å². The zero-order valence-corrected chi connectivity index (χ0v) is 9.15. The Balaban J connectivity index is 3.69. The minimum absolute atomic E-state index is 0.102. The van der Waals surface area contributed by atoms with E-state index in [2.05, 4.69) is 5.32 Å². The summed E-state index contributed by atoms with van der Waals surface area (Å²) in [6.07, 6.45) is 0. The highest BCUT2D eigenvalue weighted by Gasteiger charge is 2.14. The van der Waals surface area contributed by atoms with Crippen LogP contribution in [0, 0.1) is 5.92 Å². The van der Waals surface area contributed by atoms with Crippen LogP contribution in [-0.4, -0.2) is 43.0 Å². The lowest BCUT2D eigenvalue weighted by atomic mass is 10.2. The third-order valence-electron chi connectivity index (χ3n) is 1.68. The Kier molecular flexibility index (Phi) is 5.57. The van der Waals surface area contributed by atoms with Crippen LogP contribution in [0.4, 0.5) is 0 Å². The van der Waals surface area contributed by atoms with Crippen molar-refractivity contribution in [2.75, 3.05) is 27.2 Å². The van der Waals surface area contributed by atoms with Crippen molar-refractivity contribution in [1.82, 2.24) is 10.2 Å². The van der Waals surface area contributed by atoms with Crippen LogP contribution in [0.5, 0.6) is 0 Å². The summed E-state index contributed by atoms with van der Waals surface area (Å²) in [4.78, 5) is 13.5. The summed E-state index contributed by atoms with van der Waals surface area (Å²) in [6, 6.07) is 0. The number of hydrogen-bond donors (Lipinski definition) is 2. The lowest BCUT2D eigenvalue weighted by Gasteiger charge is -2.13. The molecule has 0 spiro atoms. The first kappa shape index (κ1) is 12.3. The lowest BCUT2D eigenvalue weighted by molar-refractivity contribution is -0.122. The van der Waals surface area contributed by atoms with Gasteiger partial charge in [0.1, 0.15) is 0 Å². The Morgan fingerprint density at radius 1 is 1.62 bits per heavy atom. The molecule has 0 aliphatic rings. The maximum Gasteiger partial charge on any atom is 0.229 e. The molecular formula is C8H17N3OS. The van der Waals surface area contributed by atoms with Crippen LogP contribution in [0.2, 0.25) is 0 Å². The normalized spacial score (nSPS) is 12.6. The van der Waals surface area contributed by atoms with Gasteiger partial charge in [0.15, 0.2) is 0 Å². The van der Waals surface area contributed by atoms with Crippen LogP contribution in [-0.2, 0) is 4.79 Å². The van der Waals surface area contributed by atoms with Gasteiger partial charge in [0.2, 0.25) is 5.91 Å². The van der Waals surface area contributed by atoms with Crippen LogP contribution in [0.3, 0.4) is 0 Å². The molecule has 0 radical (unpaired) electrons. The molecule has 0 saturated carbocycles. The van der Waals surface area contributed by atoms with E-state index in [1.54, 1.807) is 6.92 Å². The predicted molar refractivity (Wildman–Crippen MR) is 57.5 cm³/mol. The Morgan fingerprint density at radius 3 is 2.54 bits per heavy atom. The Labute approximate surface area is 84.5 Å². The summed E-state index contributed by atoms with van der Waals surface area (Å²) in [7, 11) is 3.90. The van der Waals surface area contributed by atoms with E-state index in [9.17, 15) is 4.79 Å². The van der Waals surface area contributed by atoms with Gasteiger partial charge in [0.05, 0.1) is 10.9 Å². The van der Waals surface area contributed by atoms with E-state index in [-0.39, 0.29) is 16.8 Å². The fraction of sp³-hybridized carbons (Fsp3) is 0.750. The van der Waals surface area contributed by atoms with Gasteiger partial charge in [-0.25, -0.2) is 0 Å². The first-order valence-electron chi connectivity index (χ1n) is 4.17. The van der Waals surface area contributed by atoms with Gasteiger partial charge < -0.3 is 16.0 Å². The maximum atomic E-state index is 11.3. The zero-order chi connectivity index (χ0) is 10.4. The number of hydrogen-bond acceptors (Lipinski definition) is 3. The molecule has 4 nitrogen and oxygen atoms in total. The van der Waals surface area contributed by atoms with Crippen molar-refractivity contribution >= 4 is 23.1 Å². The molecule has 0 aromatic heterocycles. The van der Waals surface area contributed by atoms with Crippen LogP contribution in [0.15, 0.2) is 0 Å². The summed E-state index contributed by atoms with van der Waals surface area (Å²) in [5, 5.41) is 2.75. The van der Waals surface area contributed by atoms with Gasteiger partial charge in [-0.05, 0) is 21.0 Å². The summed E-state index contributed by atoms with van der Waals surface area (Å²) >= 11 is 4.70. The largest absolute Gasteiger partial charge is 0.393 e. The SMILES string of the molecule is CC(C(=O)NCCN(C)C)C(N)=S. The average molecular weight is 203 g/mol. The van der Waals surface area contributed by atoms with Crippen molar-refractivity contribution in [2.45, 2.75) is 6.92 Å². The highest BCUT2D eigenvalue weighted by molar-refractivity contribution is 7.80. The number of carbonyl (C=O) groups excluding carboxylic acids is 1. The van der Waals surface area contributed by atoms with Crippen LogP contribution in [0.25, 0.3) is 0 Å². The zero-order valence-electron chi connectivity index (χ0n) is 8.33. The van der Waals surface area contributed by atoms with Gasteiger partial charge in [-0.3, -0.25) is 4.79 Å². The topological polar surface area (TPSA) is 58.4 Å². The van der Waals surface area contributed by atoms with Gasteiger partial charge in [-0.2, -0.15) is 0 Å². The number of rotatable bonds is 5. The Morgan fingerprint density at radius 2 is 2.15 bits per heavy atom. The van der Waals surface area contributed by atoms with E-state index in [4.69, 9.17) is 18.0 Å². The van der Waals surface area contributed by atoms with Crippen LogP contribution < -0.4 is 11.1 Å². The second-order valence-electron chi connectivity index (χ2n) is 3.22. The molecule has 0 heterocycles. The van der Waals surface area contributed by atoms with Crippen molar-refractivity contribution in [2.24, 2.45) is 11.7 Å². The van der Waals surface area contributed by atoms with Gasteiger partial charge in [0.25, 0.3) is 0 Å². The standard InChI is InChI=1S/C8H17N3OS/c1-6(7(9)13)8(12)10-4-5-11(2)3/h6H,4-5H2,1-3H3,(H2,9,13)(H,10,12). The molecule has 0 aliphatic carbocycles. The first-order chi connectivity index (χ1) is 5.95. The number of nitrogens with one attached hydrogen (secondary N) is 1. The maximum absolute atomic E-state index is 11.3. The van der Waals surface area contributed by atoms with E-state index < -0.39 is 0 Å². The van der Waals surface area contributed by atoms with Crippen molar-refractivity contribution < 1.29 is 4.79 Å². The van der Waals surface area contributed by atoms with E-state index in [0.29, 0.717) is 6.54 Å². The van der Waals surface area contributed by atoms with E-state index in [1.165, 1.54) is 0 Å². The molecule has 0 fully saturated rings. The smallest absolute Gasteiger partial charge is 0.229 e. The molecule has 1 unspecified atom stereocenters. The van der Waals surface area contributed by atoms with Crippen LogP contribution >= 0.6 is 12.2 Å². The number of carbonyl (C=O) groups is 1. The first-order valence-corrected chi connectivity index (χ1v) is 4.57. The molecule has 5 heteroatoms. The second-order valence-corrected chi connectivity index (χ2v) is 3.69. The molecule has 0 aromatic rings. The molecule has 76 valence electrons. The number of thiocarbonyl (C=S) groups is 1. The fourth-order valence-electron chi connectivity index (χ4n) is 0.685. The number of likely N-dealkylation sites (N-methyl/N-ethyl adjacent to an activating group) is 1. The summed E-state index contributed by atoms with van der Waals surface area (Å²) in [6.45, 7) is 3.14. The number of nitrogens with zero attached hydrogens (tertiary/aromatic N) is 1. The van der Waals surface area contributed by atoms with Gasteiger partial charge in [0, 0.05) is 13.1 Å². The van der Waals surface area contributed by atoms with E-state index >= 15 is 0 Å². The van der Waals surface area contributed by atoms with E-state index in [1.807, 2.05) is 19.0 Å². The molecule has 0 bridgehead atoms. The highest BCUT2D eigenvalue weighted by atomic mass is 32.1. The Hall–Kier alpha value is -0.680. The summed E-state index contributed by atoms with van der Waals surface area (Å²) in [5.74, 6) is -0.480. The Bertz CT molecular complexity index is 194. The van der Waals surface area contributed by atoms with Crippen LogP contribution in [0.1, 0.15) is 6.92 Å². The molecule has 0 aliphatic heterocycles. The summed E-state index contributed by atoms with van der Waals surface area (Å²) in [5.41, 5.74) is 5.33. The van der Waals surface area contributed by atoms with Gasteiger partial charge in [-0.15, -0.1) is 0 Å². The molecule has 0 saturated heterocycles. The van der Waals surface area contributed by atoms with Crippen molar-refractivity contribution in [1.29, 1.82) is 0 Å². The highest BCUT2D eigenvalue weighted by Crippen LogP contribution is 1.93. The van der Waals surface area contributed by atoms with E-state index in [0.717, 1.165) is 6.54 Å². The third-order valence-corrected chi connectivity index (χ3v) is 2.03. The molecular weight excluding hydrogens is 186 g/mol. The minimum atomic E-state index is -0.378. The molecule has 13 heavy (non-hydrogen) atoms. The second kappa shape index (κ2) is 5.88. The van der Waals surface area contributed by atoms with Gasteiger partial charge >= 0.3 is 0 Å². The third kappa shape index (κ3) is 5.54. The van der Waals surface area contributed by atoms with Gasteiger partial charge in [-0.1, -0.05) is 12.2 Å². The predicted octanol–water partition coefficient (Wildman–Crippen LogP) is -0.414. The number of amides is 1. The number of nitrogens with two attached hydrogens (primary N) is 1. The molecule has 0 aromatic carbocycles. The molecule has 1 amide bonds. The minimum Gasteiger partial charge on any atom is -0.393 e.